The van der Waals surface area contributed by atoms with Crippen molar-refractivity contribution in [2.45, 2.75) is 13.5 Å². The van der Waals surface area contributed by atoms with E-state index in [9.17, 15) is 4.79 Å². The van der Waals surface area contributed by atoms with Crippen molar-refractivity contribution in [1.82, 2.24) is 9.88 Å². The summed E-state index contributed by atoms with van der Waals surface area (Å²) < 4.78 is 5.13. The van der Waals surface area contributed by atoms with Crippen LogP contribution in [0.3, 0.4) is 0 Å². The second kappa shape index (κ2) is 6.70. The topological polar surface area (TPSA) is 42.4 Å². The molecule has 1 amide bonds. The minimum Gasteiger partial charge on any atom is -0.497 e. The number of amides is 1. The number of ether oxygens (including phenoxy) is 1. The molecule has 0 saturated heterocycles. The van der Waals surface area contributed by atoms with Crippen LogP contribution in [0.1, 0.15) is 22.8 Å². The van der Waals surface area contributed by atoms with Gasteiger partial charge in [0.05, 0.1) is 12.7 Å². The van der Waals surface area contributed by atoms with Gasteiger partial charge in [0.2, 0.25) is 0 Å². The fourth-order valence-corrected chi connectivity index (χ4v) is 1.95. The number of carbonyl (C=O) groups excluding carboxylic acids is 1. The quantitative estimate of drug-likeness (QED) is 0.839. The van der Waals surface area contributed by atoms with Crippen LogP contribution in [0.4, 0.5) is 0 Å². The van der Waals surface area contributed by atoms with Crippen LogP contribution in [0.5, 0.6) is 5.75 Å². The van der Waals surface area contributed by atoms with Crippen LogP contribution in [0.15, 0.2) is 48.8 Å². The van der Waals surface area contributed by atoms with E-state index >= 15 is 0 Å². The zero-order valence-electron chi connectivity index (χ0n) is 11.7. The average Bonchev–Trinajstić information content (AvgIpc) is 2.53. The Kier molecular flexibility index (Phi) is 4.71. The molecule has 2 rings (SSSR count). The molecule has 0 aliphatic rings. The molecule has 1 aromatic heterocycles. The summed E-state index contributed by atoms with van der Waals surface area (Å²) in [5, 5.41) is 0. The molecule has 2 aromatic rings. The zero-order chi connectivity index (χ0) is 14.4. The van der Waals surface area contributed by atoms with E-state index in [1.165, 1.54) is 0 Å². The van der Waals surface area contributed by atoms with Crippen LogP contribution >= 0.6 is 0 Å². The molecule has 0 spiro atoms. The van der Waals surface area contributed by atoms with Gasteiger partial charge < -0.3 is 9.64 Å². The van der Waals surface area contributed by atoms with E-state index in [0.29, 0.717) is 18.7 Å². The third-order valence-electron chi connectivity index (χ3n) is 3.11. The molecule has 4 heteroatoms. The van der Waals surface area contributed by atoms with Crippen molar-refractivity contribution in [3.05, 3.63) is 59.9 Å². The van der Waals surface area contributed by atoms with Gasteiger partial charge in [-0.15, -0.1) is 0 Å². The lowest BCUT2D eigenvalue weighted by molar-refractivity contribution is 0.0752. The van der Waals surface area contributed by atoms with Crippen LogP contribution in [-0.2, 0) is 6.54 Å². The van der Waals surface area contributed by atoms with Gasteiger partial charge in [0.15, 0.2) is 0 Å². The molecule has 0 radical (unpaired) electrons. The van der Waals surface area contributed by atoms with Crippen molar-refractivity contribution in [1.29, 1.82) is 0 Å². The highest BCUT2D eigenvalue weighted by Gasteiger charge is 2.14. The fourth-order valence-electron chi connectivity index (χ4n) is 1.95. The zero-order valence-corrected chi connectivity index (χ0v) is 11.7. The predicted molar refractivity (Wildman–Crippen MR) is 77.6 cm³/mol. The van der Waals surface area contributed by atoms with E-state index in [1.807, 2.05) is 31.2 Å². The van der Waals surface area contributed by atoms with Crippen molar-refractivity contribution >= 4 is 5.91 Å². The summed E-state index contributed by atoms with van der Waals surface area (Å²) in [4.78, 5) is 18.1. The molecule has 104 valence electrons. The summed E-state index contributed by atoms with van der Waals surface area (Å²) in [5.74, 6) is 0.812. The number of nitrogens with zero attached hydrogens (tertiary/aromatic N) is 2. The maximum atomic E-state index is 12.4. The predicted octanol–water partition coefficient (Wildman–Crippen LogP) is 2.75. The van der Waals surface area contributed by atoms with Gasteiger partial charge in [-0.2, -0.15) is 0 Å². The minimum absolute atomic E-state index is 0.00332. The van der Waals surface area contributed by atoms with Crippen molar-refractivity contribution < 1.29 is 9.53 Å². The smallest absolute Gasteiger partial charge is 0.255 e. The van der Waals surface area contributed by atoms with Gasteiger partial charge in [0.25, 0.3) is 5.91 Å². The maximum absolute atomic E-state index is 12.4. The largest absolute Gasteiger partial charge is 0.497 e. The Bertz CT molecular complexity index is 552. The molecule has 1 heterocycles. The van der Waals surface area contributed by atoms with Crippen LogP contribution in [-0.4, -0.2) is 29.4 Å². The molecule has 0 saturated carbocycles. The van der Waals surface area contributed by atoms with Crippen molar-refractivity contribution in [3.8, 4) is 5.75 Å². The number of carbonyl (C=O) groups is 1. The summed E-state index contributed by atoms with van der Waals surface area (Å²) in [6, 6.07) is 11.3. The number of methoxy groups -OCH3 is 1. The Hall–Kier alpha value is -2.36. The first-order chi connectivity index (χ1) is 9.74. The molecule has 0 atom stereocenters. The molecule has 0 fully saturated rings. The minimum atomic E-state index is -0.00332. The lowest BCUT2D eigenvalue weighted by atomic mass is 10.2. The van der Waals surface area contributed by atoms with Crippen LogP contribution in [0, 0.1) is 0 Å². The second-order valence-electron chi connectivity index (χ2n) is 4.41. The summed E-state index contributed by atoms with van der Waals surface area (Å²) in [5.41, 5.74) is 1.69. The number of pyridine rings is 1. The highest BCUT2D eigenvalue weighted by molar-refractivity contribution is 5.93. The highest BCUT2D eigenvalue weighted by Crippen LogP contribution is 2.14. The third kappa shape index (κ3) is 3.35. The first-order valence-corrected chi connectivity index (χ1v) is 6.57. The Morgan fingerprint density at radius 2 is 2.00 bits per heavy atom. The summed E-state index contributed by atoms with van der Waals surface area (Å²) >= 11 is 0. The summed E-state index contributed by atoms with van der Waals surface area (Å²) in [6.07, 6.45) is 3.26. The van der Waals surface area contributed by atoms with E-state index in [1.54, 1.807) is 36.5 Å². The van der Waals surface area contributed by atoms with Crippen molar-refractivity contribution in [3.63, 3.8) is 0 Å². The van der Waals surface area contributed by atoms with E-state index < -0.39 is 0 Å². The standard InChI is InChI=1S/C16H18N2O2/c1-3-18(16(19)14-5-4-10-17-11-14)12-13-6-8-15(20-2)9-7-13/h4-11H,3,12H2,1-2H3. The van der Waals surface area contributed by atoms with E-state index in [2.05, 4.69) is 4.98 Å². The van der Waals surface area contributed by atoms with Crippen molar-refractivity contribution in [2.75, 3.05) is 13.7 Å². The van der Waals surface area contributed by atoms with E-state index in [0.717, 1.165) is 11.3 Å². The number of hydrogen-bond acceptors (Lipinski definition) is 3. The van der Waals surface area contributed by atoms with Gasteiger partial charge in [-0.1, -0.05) is 12.1 Å². The molecule has 4 nitrogen and oxygen atoms in total. The van der Waals surface area contributed by atoms with Crippen LogP contribution in [0.25, 0.3) is 0 Å². The Morgan fingerprint density at radius 1 is 1.25 bits per heavy atom. The molecule has 0 aliphatic heterocycles. The fraction of sp³-hybridized carbons (Fsp3) is 0.250. The second-order valence-corrected chi connectivity index (χ2v) is 4.41. The van der Waals surface area contributed by atoms with E-state index in [-0.39, 0.29) is 5.91 Å². The average molecular weight is 270 g/mol. The molecule has 0 unspecified atom stereocenters. The number of benzene rings is 1. The van der Waals surface area contributed by atoms with Crippen LogP contribution in [0.2, 0.25) is 0 Å². The normalized spacial score (nSPS) is 10.1. The summed E-state index contributed by atoms with van der Waals surface area (Å²) in [7, 11) is 1.64. The van der Waals surface area contributed by atoms with Gasteiger partial charge >= 0.3 is 0 Å². The van der Waals surface area contributed by atoms with Crippen LogP contribution < -0.4 is 4.74 Å². The summed E-state index contributed by atoms with van der Waals surface area (Å²) in [6.45, 7) is 3.20. The number of hydrogen-bond donors (Lipinski definition) is 0. The SMILES string of the molecule is CCN(Cc1ccc(OC)cc1)C(=O)c1cccnc1. The van der Waals surface area contributed by atoms with Crippen molar-refractivity contribution in [2.24, 2.45) is 0 Å². The van der Waals surface area contributed by atoms with Gasteiger partial charge in [-0.3, -0.25) is 9.78 Å². The highest BCUT2D eigenvalue weighted by atomic mass is 16.5. The lowest BCUT2D eigenvalue weighted by Gasteiger charge is -2.21. The third-order valence-corrected chi connectivity index (χ3v) is 3.11. The molecule has 0 aliphatic carbocycles. The van der Waals surface area contributed by atoms with Gasteiger partial charge in [-0.25, -0.2) is 0 Å². The molecule has 1 aromatic carbocycles. The Balaban J connectivity index is 2.10. The Labute approximate surface area is 119 Å². The first-order valence-electron chi connectivity index (χ1n) is 6.57. The molecular formula is C16H18N2O2. The van der Waals surface area contributed by atoms with Gasteiger partial charge in [0, 0.05) is 25.5 Å². The van der Waals surface area contributed by atoms with Gasteiger partial charge in [-0.05, 0) is 36.8 Å². The molecule has 20 heavy (non-hydrogen) atoms. The number of aromatic nitrogens is 1. The Morgan fingerprint density at radius 3 is 2.55 bits per heavy atom. The molecular weight excluding hydrogens is 252 g/mol. The maximum Gasteiger partial charge on any atom is 0.255 e. The lowest BCUT2D eigenvalue weighted by Crippen LogP contribution is -2.30. The molecule has 0 bridgehead atoms. The van der Waals surface area contributed by atoms with E-state index in [4.69, 9.17) is 4.74 Å². The van der Waals surface area contributed by atoms with Gasteiger partial charge in [0.1, 0.15) is 5.75 Å². The monoisotopic (exact) mass is 270 g/mol. The first kappa shape index (κ1) is 14.1. The molecule has 0 N–H and O–H groups in total. The number of rotatable bonds is 5.